The third-order valence-electron chi connectivity index (χ3n) is 12.1. The van der Waals surface area contributed by atoms with Crippen molar-refractivity contribution in [2.75, 3.05) is 19.0 Å². The van der Waals surface area contributed by atoms with Crippen LogP contribution in [0.4, 0.5) is 10.1 Å². The topological polar surface area (TPSA) is 169 Å². The van der Waals surface area contributed by atoms with Crippen LogP contribution < -0.4 is 24.8 Å². The lowest BCUT2D eigenvalue weighted by molar-refractivity contribution is -0.140. The number of carbonyl (C=O) groups is 3. The number of pyridine rings is 1. The van der Waals surface area contributed by atoms with Crippen molar-refractivity contribution >= 4 is 55.7 Å². The van der Waals surface area contributed by atoms with E-state index in [1.807, 2.05) is 42.7 Å². The summed E-state index contributed by atoms with van der Waals surface area (Å²) in [5.74, 6) is -1.49. The summed E-state index contributed by atoms with van der Waals surface area (Å²) < 4.78 is 55.9. The SMILES string of the molecule is COc1ccc2c(O[C@@H]3C[C@H]4C(=O)N[C@]5(C(=O)NS(=O)(=O)c6ccccc6)C[C@@H]5/C=C\CCCCC[C@H](Nc5cccc(F)c5)C(=O)N4C3)cc(-c3nc(C(C)C)cs3)nc2c1C. The van der Waals surface area contributed by atoms with E-state index in [0.717, 1.165) is 24.1 Å². The van der Waals surface area contributed by atoms with Crippen molar-refractivity contribution in [1.29, 1.82) is 0 Å². The molecule has 16 heteroatoms. The Bertz CT molecular complexity index is 2670. The summed E-state index contributed by atoms with van der Waals surface area (Å²) in [5, 5.41) is 9.59. The molecule has 3 N–H and O–H groups in total. The molecule has 5 atom stereocenters. The van der Waals surface area contributed by atoms with E-state index in [0.29, 0.717) is 58.1 Å². The van der Waals surface area contributed by atoms with E-state index in [1.54, 1.807) is 37.4 Å². The number of hydrogen-bond acceptors (Lipinski definition) is 11. The number of anilines is 1. The second-order valence-corrected chi connectivity index (χ2v) is 19.3. The van der Waals surface area contributed by atoms with E-state index in [4.69, 9.17) is 19.4 Å². The highest BCUT2D eigenvalue weighted by Crippen LogP contribution is 2.46. The minimum Gasteiger partial charge on any atom is -0.496 e. The number of ether oxygens (including phenoxy) is 2. The highest BCUT2D eigenvalue weighted by Gasteiger charge is 2.61. The number of allylic oxidation sites excluding steroid dienone is 1. The molecule has 330 valence electrons. The van der Waals surface area contributed by atoms with Crippen LogP contribution in [0.2, 0.25) is 0 Å². The first kappa shape index (κ1) is 43.8. The zero-order valence-electron chi connectivity index (χ0n) is 35.6. The summed E-state index contributed by atoms with van der Waals surface area (Å²) >= 11 is 1.48. The molecule has 3 amide bonds. The second kappa shape index (κ2) is 18.1. The summed E-state index contributed by atoms with van der Waals surface area (Å²) in [4.78, 5) is 55.1. The summed E-state index contributed by atoms with van der Waals surface area (Å²) in [6, 6.07) is 17.0. The van der Waals surface area contributed by atoms with Gasteiger partial charge in [-0.05, 0) is 81.0 Å². The predicted octanol–water partition coefficient (Wildman–Crippen LogP) is 7.67. The van der Waals surface area contributed by atoms with Gasteiger partial charge in [0.1, 0.15) is 51.7 Å². The molecule has 3 aromatic carbocycles. The largest absolute Gasteiger partial charge is 0.496 e. The third kappa shape index (κ3) is 9.28. The zero-order chi connectivity index (χ0) is 44.5. The van der Waals surface area contributed by atoms with Crippen LogP contribution in [0.5, 0.6) is 11.5 Å². The lowest BCUT2D eigenvalue weighted by atomic mass is 10.0. The van der Waals surface area contributed by atoms with Crippen LogP contribution >= 0.6 is 11.3 Å². The lowest BCUT2D eigenvalue weighted by Gasteiger charge is -2.30. The summed E-state index contributed by atoms with van der Waals surface area (Å²) in [5.41, 5.74) is 1.81. The van der Waals surface area contributed by atoms with Crippen molar-refractivity contribution < 1.29 is 36.7 Å². The Morgan fingerprint density at radius 2 is 1.83 bits per heavy atom. The Morgan fingerprint density at radius 3 is 2.57 bits per heavy atom. The molecule has 0 bridgehead atoms. The zero-order valence-corrected chi connectivity index (χ0v) is 37.2. The van der Waals surface area contributed by atoms with E-state index in [2.05, 4.69) is 29.2 Å². The summed E-state index contributed by atoms with van der Waals surface area (Å²) in [6.45, 7) is 6.07. The normalized spacial score (nSPS) is 23.5. The first-order chi connectivity index (χ1) is 30.3. The maximum Gasteiger partial charge on any atom is 0.264 e. The molecule has 0 unspecified atom stereocenters. The van der Waals surface area contributed by atoms with Crippen molar-refractivity contribution in [2.24, 2.45) is 5.92 Å². The predicted molar refractivity (Wildman–Crippen MR) is 240 cm³/mol. The average molecular weight is 895 g/mol. The Labute approximate surface area is 370 Å². The van der Waals surface area contributed by atoms with Crippen LogP contribution in [0, 0.1) is 18.7 Å². The monoisotopic (exact) mass is 894 g/mol. The van der Waals surface area contributed by atoms with Gasteiger partial charge in [0.2, 0.25) is 11.8 Å². The number of fused-ring (bicyclic) bond motifs is 3. The van der Waals surface area contributed by atoms with Crippen LogP contribution in [0.3, 0.4) is 0 Å². The molecule has 8 rings (SSSR count). The number of carbonyl (C=O) groups excluding carboxylic acids is 3. The Morgan fingerprint density at radius 1 is 1.02 bits per heavy atom. The van der Waals surface area contributed by atoms with Gasteiger partial charge < -0.3 is 25.0 Å². The molecule has 2 aromatic heterocycles. The molecule has 3 aliphatic rings. The highest BCUT2D eigenvalue weighted by molar-refractivity contribution is 7.90. The minimum atomic E-state index is -4.28. The van der Waals surface area contributed by atoms with Gasteiger partial charge in [-0.25, -0.2) is 27.5 Å². The Balaban J connectivity index is 1.16. The van der Waals surface area contributed by atoms with Crippen LogP contribution in [-0.4, -0.2) is 78.4 Å². The first-order valence-corrected chi connectivity index (χ1v) is 23.7. The van der Waals surface area contributed by atoms with Gasteiger partial charge in [-0.3, -0.25) is 14.4 Å². The lowest BCUT2D eigenvalue weighted by Crippen LogP contribution is -2.57. The van der Waals surface area contributed by atoms with E-state index in [-0.39, 0.29) is 36.1 Å². The number of aryl methyl sites for hydroxylation is 1. The fourth-order valence-electron chi connectivity index (χ4n) is 8.47. The van der Waals surface area contributed by atoms with Crippen molar-refractivity contribution in [1.82, 2.24) is 24.9 Å². The molecule has 1 saturated heterocycles. The van der Waals surface area contributed by atoms with E-state index >= 15 is 0 Å². The number of rotatable bonds is 10. The van der Waals surface area contributed by atoms with Gasteiger partial charge in [0, 0.05) is 40.4 Å². The van der Waals surface area contributed by atoms with E-state index in [1.165, 1.54) is 40.5 Å². The molecule has 1 saturated carbocycles. The molecular formula is C47H51FN6O7S2. The number of halogens is 1. The molecule has 4 heterocycles. The number of amides is 3. The van der Waals surface area contributed by atoms with Crippen LogP contribution in [0.15, 0.2) is 95.2 Å². The van der Waals surface area contributed by atoms with E-state index in [9.17, 15) is 27.2 Å². The van der Waals surface area contributed by atoms with Crippen LogP contribution in [-0.2, 0) is 24.4 Å². The van der Waals surface area contributed by atoms with Gasteiger partial charge in [0.05, 0.1) is 29.8 Å². The molecule has 1 aliphatic carbocycles. The van der Waals surface area contributed by atoms with Gasteiger partial charge >= 0.3 is 0 Å². The molecule has 0 radical (unpaired) electrons. The van der Waals surface area contributed by atoms with Gasteiger partial charge in [-0.1, -0.05) is 63.1 Å². The molecule has 2 fully saturated rings. The third-order valence-corrected chi connectivity index (χ3v) is 14.3. The van der Waals surface area contributed by atoms with Crippen LogP contribution in [0.25, 0.3) is 21.6 Å². The van der Waals surface area contributed by atoms with Gasteiger partial charge in [0.15, 0.2) is 0 Å². The molecular weight excluding hydrogens is 844 g/mol. The van der Waals surface area contributed by atoms with Gasteiger partial charge in [-0.2, -0.15) is 0 Å². The molecule has 13 nitrogen and oxygen atoms in total. The maximum atomic E-state index is 14.9. The number of sulfonamides is 1. The van der Waals surface area contributed by atoms with Crippen molar-refractivity contribution in [3.8, 4) is 22.2 Å². The number of thiazole rings is 1. The maximum absolute atomic E-state index is 14.9. The number of nitrogens with zero attached hydrogens (tertiary/aromatic N) is 3. The molecule has 63 heavy (non-hydrogen) atoms. The smallest absolute Gasteiger partial charge is 0.264 e. The number of aromatic nitrogens is 2. The van der Waals surface area contributed by atoms with E-state index < -0.39 is 57.3 Å². The van der Waals surface area contributed by atoms with Crippen molar-refractivity contribution in [2.45, 2.75) is 100 Å². The molecule has 0 spiro atoms. The summed E-state index contributed by atoms with van der Waals surface area (Å²) in [7, 11) is -2.68. The number of hydrogen-bond donors (Lipinski definition) is 3. The fraction of sp³-hybridized carbons (Fsp3) is 0.383. The Hall–Kier alpha value is -5.87. The summed E-state index contributed by atoms with van der Waals surface area (Å²) in [6.07, 6.45) is 6.68. The second-order valence-electron chi connectivity index (χ2n) is 16.8. The standard InChI is InChI=1S/C47H51FN6O7S2/c1-28(2)38-27-62-44(51-38)37-24-41(35-20-21-40(60-4)29(3)42(35)50-37)61-33-23-39-43(55)52-47(46(57)53-63(58,59)34-17-10-8-11-18-34)25-30(47)14-9-6-5-7-12-19-36(45(56)54(39)26-33)49-32-16-13-15-31(48)22-32/h8-11,13-18,20-22,24,27-28,30,33,36,39,49H,5-7,12,19,23,25-26H2,1-4H3,(H,52,55)(H,53,57)/b14-9-/t30-,33+,36-,39-,47+/m0/s1. The number of methoxy groups -OCH3 is 1. The fourth-order valence-corrected chi connectivity index (χ4v) is 10.5. The molecule has 2 aliphatic heterocycles. The Kier molecular flexibility index (Phi) is 12.6. The van der Waals surface area contributed by atoms with Crippen molar-refractivity contribution in [3.63, 3.8) is 0 Å². The quantitative estimate of drug-likeness (QED) is 0.118. The number of nitrogens with one attached hydrogen (secondary N) is 3. The van der Waals surface area contributed by atoms with Crippen LogP contribution in [0.1, 0.15) is 76.0 Å². The highest BCUT2D eigenvalue weighted by atomic mass is 32.2. The van der Waals surface area contributed by atoms with Gasteiger partial charge in [-0.15, -0.1) is 11.3 Å². The number of benzene rings is 3. The average Bonchev–Trinajstić information content (AvgIpc) is 3.54. The van der Waals surface area contributed by atoms with Crippen molar-refractivity contribution in [3.05, 3.63) is 107 Å². The first-order valence-electron chi connectivity index (χ1n) is 21.3. The van der Waals surface area contributed by atoms with Gasteiger partial charge in [0.25, 0.3) is 15.9 Å². The molecule has 5 aromatic rings. The minimum absolute atomic E-state index is 0.00615.